The van der Waals surface area contributed by atoms with Gasteiger partial charge < -0.3 is 14.6 Å². The van der Waals surface area contributed by atoms with E-state index in [1.807, 2.05) is 24.3 Å². The number of methoxy groups -OCH3 is 1. The number of rotatable bonds is 11. The molecule has 2 rings (SSSR count). The Morgan fingerprint density at radius 3 is 2.48 bits per heavy atom. The van der Waals surface area contributed by atoms with Crippen LogP contribution in [0.4, 0.5) is 0 Å². The highest BCUT2D eigenvalue weighted by Crippen LogP contribution is 2.23. The van der Waals surface area contributed by atoms with Gasteiger partial charge in [-0.15, -0.1) is 0 Å². The zero-order valence-corrected chi connectivity index (χ0v) is 14.2. The minimum absolute atomic E-state index is 0.124. The molecule has 0 aromatic heterocycles. The van der Waals surface area contributed by atoms with Crippen molar-refractivity contribution < 1.29 is 14.6 Å². The molecule has 3 nitrogen and oxygen atoms in total. The molecule has 3 heteroatoms. The first-order valence-corrected chi connectivity index (χ1v) is 8.85. The highest BCUT2D eigenvalue weighted by Gasteiger charge is 2.18. The van der Waals surface area contributed by atoms with Gasteiger partial charge in [0.25, 0.3) is 0 Å². The van der Waals surface area contributed by atoms with Crippen LogP contribution in [0.5, 0.6) is 5.75 Å². The number of unbranched alkanes of at least 4 members (excludes halogenated alkanes) is 4. The average molecular weight is 318 g/mol. The summed E-state index contributed by atoms with van der Waals surface area (Å²) in [6.07, 6.45) is 12.2. The molecule has 0 saturated heterocycles. The third-order valence-electron chi connectivity index (χ3n) is 4.51. The lowest BCUT2D eigenvalue weighted by atomic mass is 9.98. The predicted octanol–water partition coefficient (Wildman–Crippen LogP) is 4.49. The molecule has 0 heterocycles. The second kappa shape index (κ2) is 10.5. The maximum absolute atomic E-state index is 9.73. The Kier molecular flexibility index (Phi) is 8.19. The van der Waals surface area contributed by atoms with Crippen LogP contribution in [-0.4, -0.2) is 24.9 Å². The van der Waals surface area contributed by atoms with Gasteiger partial charge in [0, 0.05) is 12.5 Å². The Hall–Kier alpha value is -1.32. The third kappa shape index (κ3) is 6.76. The molecule has 0 spiro atoms. The quantitative estimate of drug-likeness (QED) is 0.482. The summed E-state index contributed by atoms with van der Waals surface area (Å²) in [5, 5.41) is 9.73. The molecule has 1 aromatic carbocycles. The second-order valence-electron chi connectivity index (χ2n) is 6.35. The molecule has 23 heavy (non-hydrogen) atoms. The molecule has 0 aliphatic heterocycles. The Morgan fingerprint density at radius 1 is 1.04 bits per heavy atom. The van der Waals surface area contributed by atoms with Gasteiger partial charge in [0.05, 0.1) is 19.8 Å². The van der Waals surface area contributed by atoms with Crippen LogP contribution in [0, 0.1) is 5.92 Å². The smallest absolute Gasteiger partial charge is 0.118 e. The normalized spacial score (nSPS) is 20.1. The van der Waals surface area contributed by atoms with Crippen LogP contribution in [0.3, 0.4) is 0 Å². The second-order valence-corrected chi connectivity index (χ2v) is 6.35. The lowest BCUT2D eigenvalue weighted by molar-refractivity contribution is 0.116. The zero-order chi connectivity index (χ0) is 16.3. The SMILES string of the molecule is COc1ccc(COCCCCCCC[C@@H]2C=CC[C@H]2O)cc1. The third-order valence-corrected chi connectivity index (χ3v) is 4.51. The van der Waals surface area contributed by atoms with Crippen LogP contribution in [0.1, 0.15) is 50.5 Å². The predicted molar refractivity (Wildman–Crippen MR) is 93.6 cm³/mol. The Balaban J connectivity index is 1.41. The first-order valence-electron chi connectivity index (χ1n) is 8.85. The van der Waals surface area contributed by atoms with Crippen molar-refractivity contribution in [3.8, 4) is 5.75 Å². The van der Waals surface area contributed by atoms with Crippen molar-refractivity contribution >= 4 is 0 Å². The van der Waals surface area contributed by atoms with Crippen LogP contribution in [0.2, 0.25) is 0 Å². The summed E-state index contributed by atoms with van der Waals surface area (Å²) < 4.78 is 10.9. The molecule has 0 amide bonds. The summed E-state index contributed by atoms with van der Waals surface area (Å²) in [4.78, 5) is 0. The average Bonchev–Trinajstić information content (AvgIpc) is 2.99. The molecule has 128 valence electrons. The van der Waals surface area contributed by atoms with E-state index in [0.29, 0.717) is 12.5 Å². The fraction of sp³-hybridized carbons (Fsp3) is 0.600. The number of hydrogen-bond donors (Lipinski definition) is 1. The van der Waals surface area contributed by atoms with Gasteiger partial charge in [0.2, 0.25) is 0 Å². The highest BCUT2D eigenvalue weighted by molar-refractivity contribution is 5.26. The highest BCUT2D eigenvalue weighted by atomic mass is 16.5. The van der Waals surface area contributed by atoms with Crippen molar-refractivity contribution in [2.75, 3.05) is 13.7 Å². The fourth-order valence-corrected chi connectivity index (χ4v) is 3.01. The van der Waals surface area contributed by atoms with Crippen LogP contribution < -0.4 is 4.74 Å². The zero-order valence-electron chi connectivity index (χ0n) is 14.2. The molecule has 1 N–H and O–H groups in total. The van der Waals surface area contributed by atoms with E-state index in [4.69, 9.17) is 9.47 Å². The summed E-state index contributed by atoms with van der Waals surface area (Å²) in [7, 11) is 1.68. The van der Waals surface area contributed by atoms with Gasteiger partial charge in [-0.25, -0.2) is 0 Å². The van der Waals surface area contributed by atoms with Crippen LogP contribution in [0.15, 0.2) is 36.4 Å². The number of benzene rings is 1. The van der Waals surface area contributed by atoms with E-state index in [-0.39, 0.29) is 6.10 Å². The summed E-state index contributed by atoms with van der Waals surface area (Å²) in [6, 6.07) is 8.03. The Labute approximate surface area is 140 Å². The topological polar surface area (TPSA) is 38.7 Å². The first-order chi connectivity index (χ1) is 11.3. The van der Waals surface area contributed by atoms with Gasteiger partial charge in [-0.1, -0.05) is 50.0 Å². The number of aliphatic hydroxyl groups excluding tert-OH is 1. The molecule has 2 atom stereocenters. The Bertz CT molecular complexity index is 452. The monoisotopic (exact) mass is 318 g/mol. The van der Waals surface area contributed by atoms with Crippen LogP contribution in [0.25, 0.3) is 0 Å². The molecule has 1 aliphatic rings. The van der Waals surface area contributed by atoms with Crippen molar-refractivity contribution in [1.82, 2.24) is 0 Å². The minimum atomic E-state index is -0.124. The van der Waals surface area contributed by atoms with Crippen molar-refractivity contribution in [2.24, 2.45) is 5.92 Å². The maximum atomic E-state index is 9.73. The molecule has 1 aliphatic carbocycles. The van der Waals surface area contributed by atoms with E-state index in [0.717, 1.165) is 31.6 Å². The van der Waals surface area contributed by atoms with Crippen LogP contribution in [-0.2, 0) is 11.3 Å². The van der Waals surface area contributed by atoms with Gasteiger partial charge in [0.15, 0.2) is 0 Å². The number of aliphatic hydroxyl groups is 1. The lowest BCUT2D eigenvalue weighted by Crippen LogP contribution is -2.12. The fourth-order valence-electron chi connectivity index (χ4n) is 3.01. The molecule has 0 radical (unpaired) electrons. The summed E-state index contributed by atoms with van der Waals surface area (Å²) in [6.45, 7) is 1.51. The van der Waals surface area contributed by atoms with E-state index in [2.05, 4.69) is 12.2 Å². The van der Waals surface area contributed by atoms with Crippen molar-refractivity contribution in [3.63, 3.8) is 0 Å². The lowest BCUT2D eigenvalue weighted by Gasteiger charge is -2.13. The van der Waals surface area contributed by atoms with Crippen LogP contribution >= 0.6 is 0 Å². The maximum Gasteiger partial charge on any atom is 0.118 e. The molecule has 1 aromatic rings. The largest absolute Gasteiger partial charge is 0.497 e. The van der Waals surface area contributed by atoms with Crippen molar-refractivity contribution in [2.45, 2.75) is 57.7 Å². The van der Waals surface area contributed by atoms with E-state index < -0.39 is 0 Å². The van der Waals surface area contributed by atoms with E-state index >= 15 is 0 Å². The van der Waals surface area contributed by atoms with Gasteiger partial charge in [0.1, 0.15) is 5.75 Å². The van der Waals surface area contributed by atoms with Gasteiger partial charge >= 0.3 is 0 Å². The molecular formula is C20H30O3. The Morgan fingerprint density at radius 2 is 1.78 bits per heavy atom. The van der Waals surface area contributed by atoms with Gasteiger partial charge in [-0.05, 0) is 37.0 Å². The standard InChI is InChI=1S/C20H30O3/c1-22-19-13-11-17(12-14-19)16-23-15-6-4-2-3-5-8-18-9-7-10-20(18)21/h7,9,11-14,18,20-21H,2-6,8,10,15-16H2,1H3/t18-,20-/m1/s1. The molecular weight excluding hydrogens is 288 g/mol. The number of ether oxygens (including phenoxy) is 2. The summed E-state index contributed by atoms with van der Waals surface area (Å²) >= 11 is 0. The molecule has 0 fully saturated rings. The van der Waals surface area contributed by atoms with Crippen molar-refractivity contribution in [1.29, 1.82) is 0 Å². The minimum Gasteiger partial charge on any atom is -0.497 e. The molecule has 0 unspecified atom stereocenters. The van der Waals surface area contributed by atoms with Gasteiger partial charge in [-0.3, -0.25) is 0 Å². The molecule has 0 bridgehead atoms. The molecule has 0 saturated carbocycles. The van der Waals surface area contributed by atoms with Gasteiger partial charge in [-0.2, -0.15) is 0 Å². The van der Waals surface area contributed by atoms with E-state index in [1.54, 1.807) is 7.11 Å². The number of hydrogen-bond acceptors (Lipinski definition) is 3. The van der Waals surface area contributed by atoms with E-state index in [9.17, 15) is 5.11 Å². The van der Waals surface area contributed by atoms with Crippen molar-refractivity contribution in [3.05, 3.63) is 42.0 Å². The first kappa shape index (κ1) is 18.0. The summed E-state index contributed by atoms with van der Waals surface area (Å²) in [5.74, 6) is 1.29. The van der Waals surface area contributed by atoms with E-state index in [1.165, 1.54) is 31.2 Å². The summed E-state index contributed by atoms with van der Waals surface area (Å²) in [5.41, 5.74) is 1.19.